The molecule has 5 nitrogen and oxygen atoms in total. The Kier molecular flexibility index (Phi) is 3.61. The summed E-state index contributed by atoms with van der Waals surface area (Å²) in [4.78, 5) is 11.2. The van der Waals surface area contributed by atoms with E-state index < -0.39 is 0 Å². The van der Waals surface area contributed by atoms with E-state index in [2.05, 4.69) is 47.5 Å². The first-order valence-electron chi connectivity index (χ1n) is 5.79. The molecule has 1 aliphatic heterocycles. The van der Waals surface area contributed by atoms with E-state index in [0.29, 0.717) is 12.5 Å². The first-order valence-corrected chi connectivity index (χ1v) is 5.79. The number of amides is 1. The molecule has 4 N–H and O–H groups in total. The standard InChI is InChI=1S/C12H18N4O/c1-8(2)9-3-5-10(6-4-9)14-12-15-11(17)7-13-16-12/h3-6,8,12-14,16H,7H2,1-2H3,(H,15,17). The van der Waals surface area contributed by atoms with E-state index in [0.717, 1.165) is 5.69 Å². The number of hydrazine groups is 1. The maximum absolute atomic E-state index is 11.2. The van der Waals surface area contributed by atoms with Crippen molar-refractivity contribution < 1.29 is 4.79 Å². The largest absolute Gasteiger partial charge is 0.352 e. The van der Waals surface area contributed by atoms with Crippen molar-refractivity contribution in [2.45, 2.75) is 26.1 Å². The first-order chi connectivity index (χ1) is 8.15. The third-order valence-electron chi connectivity index (χ3n) is 2.69. The Morgan fingerprint density at radius 1 is 1.29 bits per heavy atom. The highest BCUT2D eigenvalue weighted by Crippen LogP contribution is 2.17. The van der Waals surface area contributed by atoms with Crippen molar-refractivity contribution in [3.8, 4) is 0 Å². The molecule has 0 aromatic heterocycles. The van der Waals surface area contributed by atoms with Crippen LogP contribution in [0.25, 0.3) is 0 Å². The van der Waals surface area contributed by atoms with E-state index in [1.54, 1.807) is 0 Å². The van der Waals surface area contributed by atoms with E-state index in [1.807, 2.05) is 12.1 Å². The minimum Gasteiger partial charge on any atom is -0.352 e. The molecule has 1 saturated heterocycles. The maximum Gasteiger partial charge on any atom is 0.237 e. The first kappa shape index (κ1) is 11.9. The monoisotopic (exact) mass is 234 g/mol. The molecule has 0 radical (unpaired) electrons. The van der Waals surface area contributed by atoms with Crippen LogP contribution in [0, 0.1) is 0 Å². The van der Waals surface area contributed by atoms with Gasteiger partial charge in [0, 0.05) is 5.69 Å². The average molecular weight is 234 g/mol. The molecule has 1 heterocycles. The van der Waals surface area contributed by atoms with Gasteiger partial charge in [0.2, 0.25) is 5.91 Å². The molecule has 92 valence electrons. The zero-order chi connectivity index (χ0) is 12.3. The minimum atomic E-state index is -0.277. The van der Waals surface area contributed by atoms with Gasteiger partial charge in [0.05, 0.1) is 6.54 Å². The molecule has 1 aliphatic rings. The maximum atomic E-state index is 11.2. The highest BCUT2D eigenvalue weighted by Gasteiger charge is 2.16. The predicted molar refractivity (Wildman–Crippen MR) is 67.2 cm³/mol. The van der Waals surface area contributed by atoms with Crippen LogP contribution in [0.2, 0.25) is 0 Å². The molecule has 0 spiro atoms. The lowest BCUT2D eigenvalue weighted by molar-refractivity contribution is -0.122. The smallest absolute Gasteiger partial charge is 0.237 e. The van der Waals surface area contributed by atoms with Crippen molar-refractivity contribution in [1.82, 2.24) is 16.2 Å². The number of carbonyl (C=O) groups excluding carboxylic acids is 1. The van der Waals surface area contributed by atoms with Crippen molar-refractivity contribution in [1.29, 1.82) is 0 Å². The third-order valence-corrected chi connectivity index (χ3v) is 2.69. The second kappa shape index (κ2) is 5.16. The quantitative estimate of drug-likeness (QED) is 0.622. The van der Waals surface area contributed by atoms with Crippen LogP contribution in [0.4, 0.5) is 5.69 Å². The number of rotatable bonds is 3. The number of anilines is 1. The van der Waals surface area contributed by atoms with Crippen LogP contribution >= 0.6 is 0 Å². The normalized spacial score (nSPS) is 20.2. The summed E-state index contributed by atoms with van der Waals surface area (Å²) in [6.07, 6.45) is -0.277. The Bertz CT molecular complexity index is 388. The van der Waals surface area contributed by atoms with Crippen molar-refractivity contribution in [2.24, 2.45) is 0 Å². The molecule has 0 aliphatic carbocycles. The average Bonchev–Trinajstić information content (AvgIpc) is 2.29. The summed E-state index contributed by atoms with van der Waals surface area (Å²) in [6, 6.07) is 8.20. The van der Waals surface area contributed by atoms with Gasteiger partial charge < -0.3 is 10.6 Å². The molecule has 1 unspecified atom stereocenters. The predicted octanol–water partition coefficient (Wildman–Crippen LogP) is 0.730. The van der Waals surface area contributed by atoms with E-state index in [9.17, 15) is 4.79 Å². The van der Waals surface area contributed by atoms with Crippen molar-refractivity contribution >= 4 is 11.6 Å². The molecule has 1 aromatic carbocycles. The highest BCUT2D eigenvalue weighted by atomic mass is 16.2. The fraction of sp³-hybridized carbons (Fsp3) is 0.417. The summed E-state index contributed by atoms with van der Waals surface area (Å²) < 4.78 is 0. The van der Waals surface area contributed by atoms with E-state index in [4.69, 9.17) is 0 Å². The van der Waals surface area contributed by atoms with Crippen molar-refractivity contribution in [3.63, 3.8) is 0 Å². The Morgan fingerprint density at radius 3 is 2.59 bits per heavy atom. The second-order valence-electron chi connectivity index (χ2n) is 4.42. The summed E-state index contributed by atoms with van der Waals surface area (Å²) in [5.74, 6) is 0.498. The summed E-state index contributed by atoms with van der Waals surface area (Å²) in [5, 5.41) is 5.95. The van der Waals surface area contributed by atoms with E-state index >= 15 is 0 Å². The molecular formula is C12H18N4O. The van der Waals surface area contributed by atoms with Gasteiger partial charge in [-0.3, -0.25) is 4.79 Å². The highest BCUT2D eigenvalue weighted by molar-refractivity contribution is 5.79. The van der Waals surface area contributed by atoms with E-state index in [1.165, 1.54) is 5.56 Å². The molecule has 17 heavy (non-hydrogen) atoms. The van der Waals surface area contributed by atoms with Gasteiger partial charge in [-0.2, -0.15) is 0 Å². The molecule has 1 fully saturated rings. The van der Waals surface area contributed by atoms with Crippen molar-refractivity contribution in [3.05, 3.63) is 29.8 Å². The lowest BCUT2D eigenvalue weighted by atomic mass is 10.0. The zero-order valence-corrected chi connectivity index (χ0v) is 10.1. The lowest BCUT2D eigenvalue weighted by Gasteiger charge is -2.27. The molecule has 1 atom stereocenters. The third kappa shape index (κ3) is 3.18. The summed E-state index contributed by atoms with van der Waals surface area (Å²) in [5.41, 5.74) is 8.02. The zero-order valence-electron chi connectivity index (χ0n) is 10.1. The SMILES string of the molecule is CC(C)c1ccc(NC2NNCC(=O)N2)cc1. The van der Waals surface area contributed by atoms with Gasteiger partial charge in [0.1, 0.15) is 0 Å². The number of benzene rings is 1. The van der Waals surface area contributed by atoms with Crippen LogP contribution in [0.1, 0.15) is 25.3 Å². The number of carbonyl (C=O) groups is 1. The van der Waals surface area contributed by atoms with Crippen LogP contribution in [0.15, 0.2) is 24.3 Å². The molecule has 1 amide bonds. The molecule has 0 bridgehead atoms. The summed E-state index contributed by atoms with van der Waals surface area (Å²) >= 11 is 0. The Morgan fingerprint density at radius 2 is 2.00 bits per heavy atom. The fourth-order valence-electron chi connectivity index (χ4n) is 1.68. The van der Waals surface area contributed by atoms with Gasteiger partial charge in [0.25, 0.3) is 0 Å². The van der Waals surface area contributed by atoms with Gasteiger partial charge in [-0.15, -0.1) is 0 Å². The van der Waals surface area contributed by atoms with E-state index in [-0.39, 0.29) is 12.2 Å². The molecule has 0 saturated carbocycles. The fourth-order valence-corrected chi connectivity index (χ4v) is 1.68. The van der Waals surface area contributed by atoms with Crippen molar-refractivity contribution in [2.75, 3.05) is 11.9 Å². The molecule has 1 aromatic rings. The second-order valence-corrected chi connectivity index (χ2v) is 4.42. The number of nitrogens with one attached hydrogen (secondary N) is 4. The van der Waals surface area contributed by atoms with Crippen LogP contribution in [-0.4, -0.2) is 18.7 Å². The minimum absolute atomic E-state index is 0.0277. The molecular weight excluding hydrogens is 216 g/mol. The van der Waals surface area contributed by atoms with Crippen LogP contribution in [-0.2, 0) is 4.79 Å². The topological polar surface area (TPSA) is 65.2 Å². The van der Waals surface area contributed by atoms with Gasteiger partial charge >= 0.3 is 0 Å². The Labute approximate surface area is 101 Å². The van der Waals surface area contributed by atoms with Crippen LogP contribution < -0.4 is 21.5 Å². The molecule has 5 heteroatoms. The molecule has 2 rings (SSSR count). The number of hydrogen-bond acceptors (Lipinski definition) is 4. The van der Waals surface area contributed by atoms with Gasteiger partial charge in [-0.1, -0.05) is 26.0 Å². The van der Waals surface area contributed by atoms with Gasteiger partial charge in [-0.25, -0.2) is 10.9 Å². The summed E-state index contributed by atoms with van der Waals surface area (Å²) in [7, 11) is 0. The van der Waals surface area contributed by atoms with Gasteiger partial charge in [0.15, 0.2) is 6.29 Å². The summed E-state index contributed by atoms with van der Waals surface area (Å²) in [6.45, 7) is 4.62. The Balaban J connectivity index is 1.96. The lowest BCUT2D eigenvalue weighted by Crippen LogP contribution is -2.63. The van der Waals surface area contributed by atoms with Crippen LogP contribution in [0.3, 0.4) is 0 Å². The number of hydrogen-bond donors (Lipinski definition) is 4. The van der Waals surface area contributed by atoms with Gasteiger partial charge in [-0.05, 0) is 23.6 Å². The van der Waals surface area contributed by atoms with Crippen LogP contribution in [0.5, 0.6) is 0 Å². The Hall–Kier alpha value is -1.59.